The molecule has 3 aromatic rings. The minimum atomic E-state index is -0.278. The summed E-state index contributed by atoms with van der Waals surface area (Å²) in [6, 6.07) is 11.8. The summed E-state index contributed by atoms with van der Waals surface area (Å²) in [5.41, 5.74) is 3.38. The van der Waals surface area contributed by atoms with Gasteiger partial charge in [-0.2, -0.15) is 0 Å². The number of ether oxygens (including phenoxy) is 2. The number of phenols is 1. The molecule has 0 bridgehead atoms. The number of aromatic hydroxyl groups is 1. The van der Waals surface area contributed by atoms with Gasteiger partial charge in [-0.25, -0.2) is 4.98 Å². The normalized spacial score (nSPS) is 15.1. The van der Waals surface area contributed by atoms with Crippen LogP contribution in [0.2, 0.25) is 0 Å². The topological polar surface area (TPSA) is 126 Å². The van der Waals surface area contributed by atoms with Crippen LogP contribution in [0.1, 0.15) is 49.7 Å². The van der Waals surface area contributed by atoms with Crippen LogP contribution in [-0.2, 0) is 27.2 Å². The molecule has 2 aromatic carbocycles. The number of rotatable bonds is 14. The third kappa shape index (κ3) is 7.89. The van der Waals surface area contributed by atoms with E-state index in [1.165, 1.54) is 12.8 Å². The smallest absolute Gasteiger partial charge is 0.262 e. The number of carbonyl (C=O) groups excluding carboxylic acids is 2. The summed E-state index contributed by atoms with van der Waals surface area (Å²) >= 11 is 0. The van der Waals surface area contributed by atoms with Crippen LogP contribution in [0.4, 0.5) is 5.69 Å². The number of hydrogen-bond donors (Lipinski definition) is 3. The van der Waals surface area contributed by atoms with Gasteiger partial charge in [0.25, 0.3) is 5.91 Å². The second kappa shape index (κ2) is 14.8. The Morgan fingerprint density at radius 3 is 2.83 bits per heavy atom. The molecule has 5 rings (SSSR count). The highest BCUT2D eigenvalue weighted by Gasteiger charge is 2.25. The molecule has 1 saturated carbocycles. The summed E-state index contributed by atoms with van der Waals surface area (Å²) in [5.74, 6) is 1.13. The van der Waals surface area contributed by atoms with E-state index in [4.69, 9.17) is 13.9 Å². The van der Waals surface area contributed by atoms with Crippen LogP contribution in [0, 0.1) is 0 Å². The lowest BCUT2D eigenvalue weighted by molar-refractivity contribution is -0.135. The fourth-order valence-corrected chi connectivity index (χ4v) is 5.70. The van der Waals surface area contributed by atoms with E-state index in [1.807, 2.05) is 18.2 Å². The second-order valence-corrected chi connectivity index (χ2v) is 10.8. The van der Waals surface area contributed by atoms with Crippen molar-refractivity contribution in [1.82, 2.24) is 15.2 Å². The summed E-state index contributed by atoms with van der Waals surface area (Å²) in [4.78, 5) is 31.0. The molecule has 2 heterocycles. The molecule has 224 valence electrons. The predicted molar refractivity (Wildman–Crippen MR) is 158 cm³/mol. The van der Waals surface area contributed by atoms with Gasteiger partial charge in [-0.3, -0.25) is 9.59 Å². The highest BCUT2D eigenvalue weighted by Crippen LogP contribution is 2.39. The Hall–Kier alpha value is -3.89. The van der Waals surface area contributed by atoms with Crippen molar-refractivity contribution in [2.45, 2.75) is 57.4 Å². The molecule has 0 atom stereocenters. The Morgan fingerprint density at radius 2 is 2.00 bits per heavy atom. The number of aromatic nitrogens is 1. The van der Waals surface area contributed by atoms with E-state index in [-0.39, 0.29) is 30.2 Å². The van der Waals surface area contributed by atoms with Gasteiger partial charge in [-0.15, -0.1) is 0 Å². The van der Waals surface area contributed by atoms with Gasteiger partial charge >= 0.3 is 0 Å². The van der Waals surface area contributed by atoms with Crippen LogP contribution in [-0.4, -0.2) is 72.3 Å². The third-order valence-corrected chi connectivity index (χ3v) is 7.90. The lowest BCUT2D eigenvalue weighted by Crippen LogP contribution is -2.45. The van der Waals surface area contributed by atoms with Crippen molar-refractivity contribution >= 4 is 17.5 Å². The number of anilines is 1. The molecule has 10 heteroatoms. The van der Waals surface area contributed by atoms with Crippen molar-refractivity contribution in [3.05, 3.63) is 60.1 Å². The van der Waals surface area contributed by atoms with Gasteiger partial charge in [0.05, 0.1) is 25.8 Å². The zero-order valence-electron chi connectivity index (χ0n) is 24.0. The molecule has 2 aliphatic rings. The van der Waals surface area contributed by atoms with E-state index in [0.29, 0.717) is 57.1 Å². The van der Waals surface area contributed by atoms with E-state index in [1.54, 1.807) is 12.3 Å². The summed E-state index contributed by atoms with van der Waals surface area (Å²) in [6.07, 6.45) is 10.6. The van der Waals surface area contributed by atoms with E-state index in [9.17, 15) is 14.7 Å². The molecule has 42 heavy (non-hydrogen) atoms. The first-order valence-electron chi connectivity index (χ1n) is 14.9. The van der Waals surface area contributed by atoms with Gasteiger partial charge in [0, 0.05) is 24.7 Å². The predicted octanol–water partition coefficient (Wildman–Crippen LogP) is 4.32. The average molecular weight is 577 g/mol. The lowest BCUT2D eigenvalue weighted by Gasteiger charge is -2.34. The SMILES string of the molecule is O=C1COc2c(CCNCCN(C(=O)CCOCCc3cccc(-c4cnco4)c3)C3CCCCC3)ccc(O)c2N1. The van der Waals surface area contributed by atoms with Crippen LogP contribution in [0.25, 0.3) is 11.3 Å². The Kier molecular flexibility index (Phi) is 10.5. The zero-order chi connectivity index (χ0) is 29.1. The maximum atomic E-state index is 13.3. The Bertz CT molecular complexity index is 1320. The van der Waals surface area contributed by atoms with Gasteiger partial charge in [-0.05, 0) is 55.5 Å². The molecule has 1 aliphatic heterocycles. The highest BCUT2D eigenvalue weighted by molar-refractivity contribution is 5.97. The van der Waals surface area contributed by atoms with Gasteiger partial charge < -0.3 is 34.5 Å². The van der Waals surface area contributed by atoms with E-state index >= 15 is 0 Å². The molecule has 2 amide bonds. The number of fused-ring (bicyclic) bond motifs is 1. The monoisotopic (exact) mass is 576 g/mol. The molecule has 1 aliphatic carbocycles. The van der Waals surface area contributed by atoms with Crippen molar-refractivity contribution in [2.75, 3.05) is 44.8 Å². The van der Waals surface area contributed by atoms with Gasteiger partial charge in [0.1, 0.15) is 11.4 Å². The molecule has 0 spiro atoms. The fourth-order valence-electron chi connectivity index (χ4n) is 5.70. The Morgan fingerprint density at radius 1 is 1.12 bits per heavy atom. The number of nitrogens with one attached hydrogen (secondary N) is 2. The van der Waals surface area contributed by atoms with Crippen molar-refractivity contribution in [3.63, 3.8) is 0 Å². The minimum absolute atomic E-state index is 0.00240. The average Bonchev–Trinajstić information content (AvgIpc) is 3.56. The maximum absolute atomic E-state index is 13.3. The fraction of sp³-hybridized carbons (Fsp3) is 0.469. The molecule has 0 radical (unpaired) electrons. The Balaban J connectivity index is 1.05. The molecular formula is C32H40N4O6. The summed E-state index contributed by atoms with van der Waals surface area (Å²) < 4.78 is 16.8. The van der Waals surface area contributed by atoms with Gasteiger partial charge in [0.15, 0.2) is 24.5 Å². The number of oxazole rings is 1. The van der Waals surface area contributed by atoms with Crippen LogP contribution >= 0.6 is 0 Å². The number of phenolic OH excluding ortho intramolecular Hbond substituents is 1. The number of nitrogens with zero attached hydrogens (tertiary/aromatic N) is 2. The van der Waals surface area contributed by atoms with Crippen molar-refractivity contribution in [1.29, 1.82) is 0 Å². The lowest BCUT2D eigenvalue weighted by atomic mass is 9.94. The minimum Gasteiger partial charge on any atom is -0.506 e. The van der Waals surface area contributed by atoms with Gasteiger partial charge in [-0.1, -0.05) is 43.5 Å². The van der Waals surface area contributed by atoms with Crippen molar-refractivity contribution < 1.29 is 28.6 Å². The molecule has 1 aromatic heterocycles. The van der Waals surface area contributed by atoms with Crippen LogP contribution in [0.15, 0.2) is 53.4 Å². The van der Waals surface area contributed by atoms with Crippen molar-refractivity contribution in [2.24, 2.45) is 0 Å². The third-order valence-electron chi connectivity index (χ3n) is 7.90. The standard InChI is InChI=1S/C32H40N4O6/c37-27-10-9-24(32-31(27)35-29(38)21-41-32)11-14-33-15-16-36(26-7-2-1-3-8-26)30(39)13-18-40-17-12-23-5-4-6-25(19-23)28-20-34-22-42-28/h4-6,9-10,19-20,22,26,33,37H,1-3,7-8,11-18,21H2,(H,35,38). The largest absolute Gasteiger partial charge is 0.506 e. The number of benzene rings is 2. The highest BCUT2D eigenvalue weighted by atomic mass is 16.5. The molecule has 0 saturated heterocycles. The first-order valence-corrected chi connectivity index (χ1v) is 14.9. The summed E-state index contributed by atoms with van der Waals surface area (Å²) in [5, 5.41) is 16.2. The summed E-state index contributed by atoms with van der Waals surface area (Å²) in [6.45, 7) is 2.91. The van der Waals surface area contributed by atoms with Gasteiger partial charge in [0.2, 0.25) is 5.91 Å². The van der Waals surface area contributed by atoms with Crippen LogP contribution in [0.5, 0.6) is 11.5 Å². The molecule has 0 unspecified atom stereocenters. The van der Waals surface area contributed by atoms with E-state index in [0.717, 1.165) is 54.6 Å². The zero-order valence-corrected chi connectivity index (χ0v) is 24.0. The number of amides is 2. The molecule has 10 nitrogen and oxygen atoms in total. The number of carbonyl (C=O) groups is 2. The van der Waals surface area contributed by atoms with E-state index < -0.39 is 0 Å². The molecular weight excluding hydrogens is 536 g/mol. The van der Waals surface area contributed by atoms with E-state index in [2.05, 4.69) is 32.7 Å². The van der Waals surface area contributed by atoms with Crippen LogP contribution < -0.4 is 15.4 Å². The first kappa shape index (κ1) is 29.6. The molecule has 1 fully saturated rings. The summed E-state index contributed by atoms with van der Waals surface area (Å²) in [7, 11) is 0. The maximum Gasteiger partial charge on any atom is 0.262 e. The van der Waals surface area contributed by atoms with Crippen molar-refractivity contribution in [3.8, 4) is 22.8 Å². The number of hydrogen-bond acceptors (Lipinski definition) is 8. The first-order chi connectivity index (χ1) is 20.6. The quantitative estimate of drug-likeness (QED) is 0.191. The molecule has 3 N–H and O–H groups in total. The second-order valence-electron chi connectivity index (χ2n) is 10.8. The Labute approximate surface area is 246 Å². The van der Waals surface area contributed by atoms with Crippen LogP contribution in [0.3, 0.4) is 0 Å².